The van der Waals surface area contributed by atoms with Gasteiger partial charge in [0.1, 0.15) is 12.1 Å². The van der Waals surface area contributed by atoms with Gasteiger partial charge in [-0.2, -0.15) is 14.6 Å². The van der Waals surface area contributed by atoms with Gasteiger partial charge in [-0.1, -0.05) is 60.7 Å². The molecule has 4 aromatic rings. The van der Waals surface area contributed by atoms with Gasteiger partial charge in [0.25, 0.3) is 5.78 Å². The third kappa shape index (κ3) is 4.58. The zero-order chi connectivity index (χ0) is 22.6. The second kappa shape index (κ2) is 9.40. The Labute approximate surface area is 193 Å². The minimum absolute atomic E-state index is 0.0163. The van der Waals surface area contributed by atoms with E-state index in [1.54, 1.807) is 4.52 Å². The lowest BCUT2D eigenvalue weighted by molar-refractivity contribution is -0.125. The number of nitrogens with zero attached hydrogens (tertiary/aromatic N) is 5. The topological polar surface area (TPSA) is 75.4 Å². The van der Waals surface area contributed by atoms with Gasteiger partial charge in [0.05, 0.1) is 0 Å². The summed E-state index contributed by atoms with van der Waals surface area (Å²) >= 11 is 0. The third-order valence-corrected chi connectivity index (χ3v) is 6.44. The number of rotatable bonds is 6. The van der Waals surface area contributed by atoms with Crippen LogP contribution in [0.1, 0.15) is 35.6 Å². The van der Waals surface area contributed by atoms with Crippen LogP contribution < -0.4 is 10.2 Å². The smallest absolute Gasteiger partial charge is 0.254 e. The lowest BCUT2D eigenvalue weighted by Crippen LogP contribution is -2.42. The van der Waals surface area contributed by atoms with Crippen LogP contribution in [0.3, 0.4) is 0 Å². The number of amides is 1. The first-order valence-electron chi connectivity index (χ1n) is 11.5. The van der Waals surface area contributed by atoms with E-state index in [9.17, 15) is 4.79 Å². The highest BCUT2D eigenvalue weighted by atomic mass is 16.1. The van der Waals surface area contributed by atoms with Gasteiger partial charge in [0.2, 0.25) is 5.91 Å². The molecule has 2 aromatic heterocycles. The number of hydrogen-bond acceptors (Lipinski definition) is 5. The lowest BCUT2D eigenvalue weighted by atomic mass is 9.90. The molecule has 1 saturated heterocycles. The van der Waals surface area contributed by atoms with Crippen molar-refractivity contribution in [2.75, 3.05) is 24.5 Å². The Kier molecular flexibility index (Phi) is 6.02. The fourth-order valence-electron chi connectivity index (χ4n) is 4.65. The molecule has 0 spiro atoms. The number of anilines is 1. The number of carbonyl (C=O) groups is 1. The molecule has 7 heteroatoms. The molecule has 2 aromatic carbocycles. The van der Waals surface area contributed by atoms with Crippen molar-refractivity contribution in [1.29, 1.82) is 0 Å². The van der Waals surface area contributed by atoms with Gasteiger partial charge in [0.15, 0.2) is 0 Å². The van der Waals surface area contributed by atoms with Crippen molar-refractivity contribution in [3.8, 4) is 0 Å². The van der Waals surface area contributed by atoms with Crippen LogP contribution in [0.15, 0.2) is 73.1 Å². The maximum atomic E-state index is 13.1. The highest BCUT2D eigenvalue weighted by molar-refractivity contribution is 5.79. The van der Waals surface area contributed by atoms with E-state index in [0.717, 1.165) is 37.4 Å². The number of benzene rings is 2. The van der Waals surface area contributed by atoms with E-state index in [0.29, 0.717) is 12.3 Å². The third-order valence-electron chi connectivity index (χ3n) is 6.44. The fraction of sp³-hybridized carbons (Fsp3) is 0.308. The summed E-state index contributed by atoms with van der Waals surface area (Å²) in [5.41, 5.74) is 3.34. The van der Waals surface area contributed by atoms with Crippen molar-refractivity contribution < 1.29 is 4.79 Å². The van der Waals surface area contributed by atoms with Crippen LogP contribution in [-0.4, -0.2) is 45.1 Å². The molecule has 1 amide bonds. The number of aromatic nitrogens is 4. The molecule has 168 valence electrons. The van der Waals surface area contributed by atoms with Crippen LogP contribution in [0.25, 0.3) is 5.78 Å². The average molecular weight is 441 g/mol. The summed E-state index contributed by atoms with van der Waals surface area (Å²) < 4.78 is 1.78. The number of carbonyl (C=O) groups excluding carboxylic acids is 1. The number of hydrogen-bond donors (Lipinski definition) is 1. The second-order valence-electron chi connectivity index (χ2n) is 8.61. The SMILES string of the molecule is Cc1cc(N2CCC(C(=O)NCC(c3ccccc3)c3ccccc3)CC2)n2ncnc2n1. The summed E-state index contributed by atoms with van der Waals surface area (Å²) in [7, 11) is 0. The summed E-state index contributed by atoms with van der Waals surface area (Å²) in [5.74, 6) is 1.89. The van der Waals surface area contributed by atoms with E-state index in [1.165, 1.54) is 17.5 Å². The number of aryl methyl sites for hydroxylation is 1. The van der Waals surface area contributed by atoms with Crippen LogP contribution in [0.5, 0.6) is 0 Å². The monoisotopic (exact) mass is 440 g/mol. The highest BCUT2D eigenvalue weighted by Gasteiger charge is 2.27. The molecular weight excluding hydrogens is 412 g/mol. The molecule has 0 aliphatic carbocycles. The standard InChI is InChI=1S/C26H28N6O/c1-19-16-24(32-26(30-19)28-18-29-32)31-14-12-22(13-15-31)25(33)27-17-23(20-8-4-2-5-9-20)21-10-6-3-7-11-21/h2-11,16,18,22-23H,12-15,17H2,1H3,(H,27,33). The van der Waals surface area contributed by atoms with Gasteiger partial charge in [0, 0.05) is 43.2 Å². The van der Waals surface area contributed by atoms with Crippen molar-refractivity contribution in [3.05, 3.63) is 89.9 Å². The van der Waals surface area contributed by atoms with Crippen molar-refractivity contribution >= 4 is 17.5 Å². The molecule has 0 unspecified atom stereocenters. The maximum Gasteiger partial charge on any atom is 0.254 e. The first-order valence-corrected chi connectivity index (χ1v) is 11.5. The van der Waals surface area contributed by atoms with E-state index in [2.05, 4.69) is 73.8 Å². The molecule has 33 heavy (non-hydrogen) atoms. The van der Waals surface area contributed by atoms with E-state index in [4.69, 9.17) is 0 Å². The van der Waals surface area contributed by atoms with Gasteiger partial charge < -0.3 is 10.2 Å². The van der Waals surface area contributed by atoms with Crippen molar-refractivity contribution in [1.82, 2.24) is 24.9 Å². The average Bonchev–Trinajstić information content (AvgIpc) is 3.33. The Morgan fingerprint density at radius 3 is 2.30 bits per heavy atom. The molecule has 0 bridgehead atoms. The molecule has 7 nitrogen and oxygen atoms in total. The summed E-state index contributed by atoms with van der Waals surface area (Å²) in [6, 6.07) is 22.8. The molecule has 1 fully saturated rings. The quantitative estimate of drug-likeness (QED) is 0.496. The molecule has 5 rings (SSSR count). The number of fused-ring (bicyclic) bond motifs is 1. The highest BCUT2D eigenvalue weighted by Crippen LogP contribution is 2.26. The van der Waals surface area contributed by atoms with Crippen LogP contribution in [0.2, 0.25) is 0 Å². The largest absolute Gasteiger partial charge is 0.356 e. The zero-order valence-electron chi connectivity index (χ0n) is 18.8. The molecule has 1 aliphatic heterocycles. The van der Waals surface area contributed by atoms with Crippen LogP contribution in [0, 0.1) is 12.8 Å². The normalized spacial score (nSPS) is 14.7. The second-order valence-corrected chi connectivity index (χ2v) is 8.61. The van der Waals surface area contributed by atoms with E-state index in [1.807, 2.05) is 25.1 Å². The summed E-state index contributed by atoms with van der Waals surface area (Å²) in [5, 5.41) is 7.56. The number of piperidine rings is 1. The van der Waals surface area contributed by atoms with Crippen molar-refractivity contribution in [3.63, 3.8) is 0 Å². The predicted octanol–water partition coefficient (Wildman–Crippen LogP) is 3.60. The molecule has 1 aliphatic rings. The van der Waals surface area contributed by atoms with Gasteiger partial charge in [-0.3, -0.25) is 4.79 Å². The van der Waals surface area contributed by atoms with Gasteiger partial charge >= 0.3 is 0 Å². The van der Waals surface area contributed by atoms with Crippen LogP contribution >= 0.6 is 0 Å². The fourth-order valence-corrected chi connectivity index (χ4v) is 4.65. The van der Waals surface area contributed by atoms with Crippen LogP contribution in [0.4, 0.5) is 5.82 Å². The first kappa shape index (κ1) is 21.1. The van der Waals surface area contributed by atoms with Gasteiger partial charge in [-0.25, -0.2) is 4.98 Å². The van der Waals surface area contributed by atoms with E-state index >= 15 is 0 Å². The van der Waals surface area contributed by atoms with Crippen LogP contribution in [-0.2, 0) is 4.79 Å². The minimum atomic E-state index is 0.0163. The van der Waals surface area contributed by atoms with Gasteiger partial charge in [-0.05, 0) is 30.9 Å². The zero-order valence-corrected chi connectivity index (χ0v) is 18.8. The van der Waals surface area contributed by atoms with E-state index in [-0.39, 0.29) is 17.7 Å². The Balaban J connectivity index is 1.23. The Morgan fingerprint density at radius 1 is 1.03 bits per heavy atom. The Bertz CT molecular complexity index is 1180. The summed E-state index contributed by atoms with van der Waals surface area (Å²) in [4.78, 5) is 24.0. The Morgan fingerprint density at radius 2 is 1.67 bits per heavy atom. The van der Waals surface area contributed by atoms with Gasteiger partial charge in [-0.15, -0.1) is 0 Å². The number of nitrogens with one attached hydrogen (secondary N) is 1. The molecular formula is C26H28N6O. The summed E-state index contributed by atoms with van der Waals surface area (Å²) in [6.07, 6.45) is 3.15. The molecule has 1 N–H and O–H groups in total. The van der Waals surface area contributed by atoms with Crippen molar-refractivity contribution in [2.45, 2.75) is 25.7 Å². The van der Waals surface area contributed by atoms with E-state index < -0.39 is 0 Å². The molecule has 0 atom stereocenters. The lowest BCUT2D eigenvalue weighted by Gasteiger charge is -2.33. The summed E-state index contributed by atoms with van der Waals surface area (Å²) in [6.45, 7) is 4.17. The van der Waals surface area contributed by atoms with Crippen molar-refractivity contribution in [2.24, 2.45) is 5.92 Å². The first-order chi connectivity index (χ1) is 16.2. The molecule has 0 saturated carbocycles. The minimum Gasteiger partial charge on any atom is -0.356 e. The predicted molar refractivity (Wildman–Crippen MR) is 128 cm³/mol. The molecule has 3 heterocycles. The maximum absolute atomic E-state index is 13.1. The molecule has 0 radical (unpaired) electrons. The Hall–Kier alpha value is -3.74.